The van der Waals surface area contributed by atoms with Crippen molar-refractivity contribution in [1.82, 2.24) is 5.32 Å². The molecule has 0 spiro atoms. The summed E-state index contributed by atoms with van der Waals surface area (Å²) in [6.45, 7) is 9.43. The fourth-order valence-electron chi connectivity index (χ4n) is 3.11. The van der Waals surface area contributed by atoms with Gasteiger partial charge in [0.2, 0.25) is 5.91 Å². The molecular formula is C29H36FNO2. The van der Waals surface area contributed by atoms with E-state index in [-0.39, 0.29) is 17.5 Å². The van der Waals surface area contributed by atoms with Crippen LogP contribution in [0.25, 0.3) is 22.3 Å². The third-order valence-electron chi connectivity index (χ3n) is 4.94. The molecule has 0 saturated heterocycles. The lowest BCUT2D eigenvalue weighted by atomic mass is 9.98. The van der Waals surface area contributed by atoms with E-state index in [0.717, 1.165) is 23.1 Å². The summed E-state index contributed by atoms with van der Waals surface area (Å²) in [6.07, 6.45) is 6.02. The Labute approximate surface area is 198 Å². The summed E-state index contributed by atoms with van der Waals surface area (Å²) < 4.78 is 14.5. The van der Waals surface area contributed by atoms with E-state index in [2.05, 4.69) is 43.1 Å². The molecule has 0 aliphatic carbocycles. The van der Waals surface area contributed by atoms with Gasteiger partial charge in [-0.05, 0) is 59.4 Å². The molecular weight excluding hydrogens is 413 g/mol. The Kier molecular flexibility index (Phi) is 12.9. The Balaban J connectivity index is 0.000000593. The van der Waals surface area contributed by atoms with Crippen molar-refractivity contribution in [3.63, 3.8) is 0 Å². The van der Waals surface area contributed by atoms with Crippen LogP contribution in [0.5, 0.6) is 5.75 Å². The minimum atomic E-state index is -0.254. The molecule has 0 saturated carbocycles. The third kappa shape index (κ3) is 9.32. The van der Waals surface area contributed by atoms with Crippen molar-refractivity contribution < 1.29 is 14.3 Å². The zero-order valence-electron chi connectivity index (χ0n) is 20.2. The number of phenols is 1. The highest BCUT2D eigenvalue weighted by Gasteiger charge is 2.08. The van der Waals surface area contributed by atoms with Gasteiger partial charge in [-0.1, -0.05) is 88.7 Å². The van der Waals surface area contributed by atoms with Gasteiger partial charge in [-0.3, -0.25) is 4.79 Å². The van der Waals surface area contributed by atoms with Gasteiger partial charge < -0.3 is 10.4 Å². The van der Waals surface area contributed by atoms with E-state index >= 15 is 0 Å². The number of phenolic OH excluding ortho intramolecular Hbond substituents is 1. The first-order valence-corrected chi connectivity index (χ1v) is 11.5. The number of rotatable bonds is 7. The second kappa shape index (κ2) is 15.4. The van der Waals surface area contributed by atoms with Gasteiger partial charge >= 0.3 is 0 Å². The molecule has 0 radical (unpaired) electrons. The van der Waals surface area contributed by atoms with E-state index in [0.29, 0.717) is 5.56 Å². The first-order chi connectivity index (χ1) is 16.0. The number of hydrogen-bond donors (Lipinski definition) is 2. The summed E-state index contributed by atoms with van der Waals surface area (Å²) in [4.78, 5) is 9.95. The Morgan fingerprint density at radius 2 is 1.52 bits per heavy atom. The number of likely N-dealkylation sites (N-methyl/N-ethyl adjacent to an activating group) is 1. The van der Waals surface area contributed by atoms with Gasteiger partial charge in [0.05, 0.1) is 0 Å². The number of halogens is 1. The van der Waals surface area contributed by atoms with E-state index in [1.165, 1.54) is 30.9 Å². The van der Waals surface area contributed by atoms with Gasteiger partial charge in [-0.2, -0.15) is 0 Å². The first kappa shape index (κ1) is 27.6. The molecule has 0 bridgehead atoms. The van der Waals surface area contributed by atoms with E-state index in [1.807, 2.05) is 19.9 Å². The Bertz CT molecular complexity index is 980. The van der Waals surface area contributed by atoms with Gasteiger partial charge in [-0.15, -0.1) is 0 Å². The quantitative estimate of drug-likeness (QED) is 0.289. The molecule has 3 nitrogen and oxygen atoms in total. The highest BCUT2D eigenvalue weighted by atomic mass is 19.1. The smallest absolute Gasteiger partial charge is 0.243 e. The maximum atomic E-state index is 14.5. The average molecular weight is 450 g/mol. The van der Waals surface area contributed by atoms with E-state index in [1.54, 1.807) is 43.4 Å². The van der Waals surface area contributed by atoms with Crippen molar-refractivity contribution in [3.8, 4) is 28.0 Å². The summed E-state index contributed by atoms with van der Waals surface area (Å²) in [6, 6.07) is 20.3. The number of unbranched alkanes of at least 4 members (excludes halogenated alkanes) is 2. The lowest BCUT2D eigenvalue weighted by Crippen LogP contribution is -2.13. The predicted molar refractivity (Wildman–Crippen MR) is 138 cm³/mol. The van der Waals surface area contributed by atoms with Crippen molar-refractivity contribution in [2.75, 3.05) is 7.05 Å². The van der Waals surface area contributed by atoms with E-state index < -0.39 is 0 Å². The SMILES string of the molecule is C=CC(=O)NC.CC.CCCCCc1ccc(-c2ccc(-c3ccc(O)cc3)c(F)c2)cc1. The predicted octanol–water partition coefficient (Wildman–Crippen LogP) is 7.54. The molecule has 0 fully saturated rings. The fourth-order valence-corrected chi connectivity index (χ4v) is 3.11. The largest absolute Gasteiger partial charge is 0.508 e. The number of nitrogens with one attached hydrogen (secondary N) is 1. The van der Waals surface area contributed by atoms with Gasteiger partial charge in [-0.25, -0.2) is 4.39 Å². The van der Waals surface area contributed by atoms with Crippen LogP contribution in [0.15, 0.2) is 79.4 Å². The van der Waals surface area contributed by atoms with Crippen LogP contribution in [0.1, 0.15) is 45.6 Å². The first-order valence-electron chi connectivity index (χ1n) is 11.5. The molecule has 176 valence electrons. The lowest BCUT2D eigenvalue weighted by Gasteiger charge is -2.08. The molecule has 0 aromatic heterocycles. The van der Waals surface area contributed by atoms with Crippen molar-refractivity contribution in [1.29, 1.82) is 0 Å². The molecule has 0 aliphatic heterocycles. The number of carbonyl (C=O) groups excluding carboxylic acids is 1. The Morgan fingerprint density at radius 3 is 2.00 bits per heavy atom. The Hall–Kier alpha value is -3.40. The van der Waals surface area contributed by atoms with Crippen molar-refractivity contribution in [3.05, 3.63) is 90.8 Å². The van der Waals surface area contributed by atoms with Crippen molar-refractivity contribution in [2.24, 2.45) is 0 Å². The number of amides is 1. The molecule has 0 heterocycles. The molecule has 0 unspecified atom stereocenters. The fraction of sp³-hybridized carbons (Fsp3) is 0.276. The highest BCUT2D eigenvalue weighted by molar-refractivity contribution is 5.86. The number of hydrogen-bond acceptors (Lipinski definition) is 2. The number of carbonyl (C=O) groups is 1. The summed E-state index contributed by atoms with van der Waals surface area (Å²) in [5, 5.41) is 11.7. The number of aromatic hydroxyl groups is 1. The molecule has 4 heteroatoms. The lowest BCUT2D eigenvalue weighted by molar-refractivity contribution is -0.116. The molecule has 3 rings (SSSR count). The number of benzene rings is 3. The summed E-state index contributed by atoms with van der Waals surface area (Å²) in [7, 11) is 1.56. The van der Waals surface area contributed by atoms with E-state index in [4.69, 9.17) is 0 Å². The maximum Gasteiger partial charge on any atom is 0.243 e. The van der Waals surface area contributed by atoms with Crippen LogP contribution >= 0.6 is 0 Å². The average Bonchev–Trinajstić information content (AvgIpc) is 2.86. The van der Waals surface area contributed by atoms with Gasteiger partial charge in [0.25, 0.3) is 0 Å². The van der Waals surface area contributed by atoms with Crippen molar-refractivity contribution >= 4 is 5.91 Å². The highest BCUT2D eigenvalue weighted by Crippen LogP contribution is 2.29. The molecule has 1 amide bonds. The molecule has 33 heavy (non-hydrogen) atoms. The van der Waals surface area contributed by atoms with Crippen LogP contribution in [0.2, 0.25) is 0 Å². The minimum absolute atomic E-state index is 0.144. The van der Waals surface area contributed by atoms with Crippen LogP contribution in [0.4, 0.5) is 4.39 Å². The van der Waals surface area contributed by atoms with Crippen molar-refractivity contribution in [2.45, 2.75) is 46.5 Å². The van der Waals surface area contributed by atoms with Crippen LogP contribution in [-0.2, 0) is 11.2 Å². The van der Waals surface area contributed by atoms with Gasteiger partial charge in [0.1, 0.15) is 11.6 Å². The Morgan fingerprint density at radius 1 is 0.939 bits per heavy atom. The molecule has 0 aliphatic rings. The van der Waals surface area contributed by atoms with Crippen LogP contribution in [-0.4, -0.2) is 18.1 Å². The third-order valence-corrected chi connectivity index (χ3v) is 4.94. The maximum absolute atomic E-state index is 14.5. The monoisotopic (exact) mass is 449 g/mol. The molecule has 3 aromatic rings. The second-order valence-corrected chi connectivity index (χ2v) is 7.21. The summed E-state index contributed by atoms with van der Waals surface area (Å²) in [5.41, 5.74) is 4.53. The van der Waals surface area contributed by atoms with Gasteiger partial charge in [0, 0.05) is 12.6 Å². The van der Waals surface area contributed by atoms with Crippen LogP contribution in [0.3, 0.4) is 0 Å². The normalized spacial score (nSPS) is 9.61. The second-order valence-electron chi connectivity index (χ2n) is 7.21. The zero-order chi connectivity index (χ0) is 24.6. The molecule has 0 atom stereocenters. The topological polar surface area (TPSA) is 49.3 Å². The minimum Gasteiger partial charge on any atom is -0.508 e. The molecule has 2 N–H and O–H groups in total. The van der Waals surface area contributed by atoms with Crippen LogP contribution < -0.4 is 5.32 Å². The molecule has 3 aromatic carbocycles. The summed E-state index contributed by atoms with van der Waals surface area (Å²) in [5.74, 6) is -0.218. The van der Waals surface area contributed by atoms with Gasteiger partial charge in [0.15, 0.2) is 0 Å². The standard InChI is InChI=1S/C23H23FO.C4H7NO.C2H6/c1-2-3-4-5-17-6-8-18(9-7-17)20-12-15-22(23(24)16-20)19-10-13-21(25)14-11-19;1-3-4(6)5-2;1-2/h6-16,25H,2-5H2,1H3;3H,1H2,2H3,(H,5,6);1-2H3. The van der Waals surface area contributed by atoms with Crippen LogP contribution in [0, 0.1) is 5.82 Å². The number of aryl methyl sites for hydroxylation is 1. The summed E-state index contributed by atoms with van der Waals surface area (Å²) >= 11 is 0. The van der Waals surface area contributed by atoms with E-state index in [9.17, 15) is 14.3 Å². The zero-order valence-corrected chi connectivity index (χ0v) is 20.2.